The molecule has 0 saturated carbocycles. The van der Waals surface area contributed by atoms with Gasteiger partial charge < -0.3 is 10.1 Å². The van der Waals surface area contributed by atoms with Crippen molar-refractivity contribution in [2.45, 2.75) is 32.7 Å². The Kier molecular flexibility index (Phi) is 8.11. The first-order valence-corrected chi connectivity index (χ1v) is 7.52. The predicted octanol–water partition coefficient (Wildman–Crippen LogP) is -0.143. The number of amides is 1. The number of carbonyl (C=O) groups is 1. The fraction of sp³-hybridized carbons (Fsp3) is 0.900. The summed E-state index contributed by atoms with van der Waals surface area (Å²) in [5.41, 5.74) is 0. The predicted molar refractivity (Wildman–Crippen MR) is 66.2 cm³/mol. The molecule has 0 aromatic carbocycles. The Labute approximate surface area is 103 Å². The average Bonchev–Trinajstić information content (AvgIpc) is 2.12. The van der Waals surface area contributed by atoms with Gasteiger partial charge in [-0.25, -0.2) is 8.42 Å². The molecule has 0 unspecified atom stereocenters. The zero-order valence-corrected chi connectivity index (χ0v) is 11.5. The second kappa shape index (κ2) is 8.43. The van der Waals surface area contributed by atoms with Crippen molar-refractivity contribution in [1.82, 2.24) is 10.0 Å². The third-order valence-electron chi connectivity index (χ3n) is 1.80. The summed E-state index contributed by atoms with van der Waals surface area (Å²) in [6.45, 7) is 5.30. The van der Waals surface area contributed by atoms with E-state index in [9.17, 15) is 13.2 Å². The van der Waals surface area contributed by atoms with Gasteiger partial charge in [-0.1, -0.05) is 13.8 Å². The van der Waals surface area contributed by atoms with Gasteiger partial charge in [-0.3, -0.25) is 9.52 Å². The summed E-state index contributed by atoms with van der Waals surface area (Å²) in [4.78, 5) is 11.0. The maximum absolute atomic E-state index is 11.0. The number of hydrogen-bond donors (Lipinski definition) is 2. The lowest BCUT2D eigenvalue weighted by Crippen LogP contribution is -2.32. The third kappa shape index (κ3) is 13.3. The van der Waals surface area contributed by atoms with E-state index in [1.165, 1.54) is 0 Å². The van der Waals surface area contributed by atoms with Crippen LogP contribution in [-0.2, 0) is 19.6 Å². The van der Waals surface area contributed by atoms with Crippen molar-refractivity contribution in [1.29, 1.82) is 0 Å². The molecule has 0 saturated heterocycles. The van der Waals surface area contributed by atoms with Gasteiger partial charge in [0.05, 0.1) is 6.26 Å². The number of hydrogen-bond acceptors (Lipinski definition) is 5. The Balaban J connectivity index is 3.37. The Bertz CT molecular complexity index is 314. The second-order valence-electron chi connectivity index (χ2n) is 4.17. The standard InChI is InChI=1S/C10H22N2O4S/c1-9(2)11-6-4-5-7-16-8-10(13)12-17(3,14)15/h9,11H,4-8H2,1-3H3,(H,12,13). The lowest BCUT2D eigenvalue weighted by molar-refractivity contribution is -0.123. The van der Waals surface area contributed by atoms with Crippen LogP contribution in [0.3, 0.4) is 0 Å². The van der Waals surface area contributed by atoms with E-state index in [1.807, 2.05) is 4.72 Å². The number of unbranched alkanes of at least 4 members (excludes halogenated alkanes) is 1. The van der Waals surface area contributed by atoms with Crippen molar-refractivity contribution < 1.29 is 17.9 Å². The molecule has 0 atom stereocenters. The first kappa shape index (κ1) is 16.3. The van der Waals surface area contributed by atoms with Crippen LogP contribution in [0.5, 0.6) is 0 Å². The number of carbonyl (C=O) groups excluding carboxylic acids is 1. The first-order chi connectivity index (χ1) is 7.81. The van der Waals surface area contributed by atoms with Gasteiger partial charge in [0.15, 0.2) is 0 Å². The van der Waals surface area contributed by atoms with Gasteiger partial charge in [0.1, 0.15) is 6.61 Å². The maximum Gasteiger partial charge on any atom is 0.259 e. The monoisotopic (exact) mass is 266 g/mol. The summed E-state index contributed by atoms with van der Waals surface area (Å²) in [6.07, 6.45) is 2.74. The van der Waals surface area contributed by atoms with E-state index in [1.54, 1.807) is 0 Å². The molecule has 0 radical (unpaired) electrons. The van der Waals surface area contributed by atoms with Crippen LogP contribution < -0.4 is 10.0 Å². The molecule has 2 N–H and O–H groups in total. The average molecular weight is 266 g/mol. The quantitative estimate of drug-likeness (QED) is 0.567. The van der Waals surface area contributed by atoms with Crippen molar-refractivity contribution in [3.8, 4) is 0 Å². The highest BCUT2D eigenvalue weighted by molar-refractivity contribution is 7.89. The molecule has 7 heteroatoms. The van der Waals surface area contributed by atoms with E-state index in [-0.39, 0.29) is 6.61 Å². The lowest BCUT2D eigenvalue weighted by Gasteiger charge is -2.07. The summed E-state index contributed by atoms with van der Waals surface area (Å²) < 4.78 is 28.2. The number of sulfonamides is 1. The van der Waals surface area contributed by atoms with Crippen LogP contribution in [0.1, 0.15) is 26.7 Å². The largest absolute Gasteiger partial charge is 0.372 e. The molecule has 6 nitrogen and oxygen atoms in total. The first-order valence-electron chi connectivity index (χ1n) is 5.63. The van der Waals surface area contributed by atoms with Crippen LogP contribution in [0.25, 0.3) is 0 Å². The van der Waals surface area contributed by atoms with Crippen molar-refractivity contribution in [2.24, 2.45) is 0 Å². The van der Waals surface area contributed by atoms with Crippen LogP contribution in [0.15, 0.2) is 0 Å². The molecule has 1 amide bonds. The highest BCUT2D eigenvalue weighted by atomic mass is 32.2. The molecule has 0 fully saturated rings. The molecule has 0 bridgehead atoms. The highest BCUT2D eigenvalue weighted by Gasteiger charge is 2.07. The smallest absolute Gasteiger partial charge is 0.259 e. The molecule has 0 aliphatic rings. The summed E-state index contributed by atoms with van der Waals surface area (Å²) in [5, 5.41) is 3.26. The third-order valence-corrected chi connectivity index (χ3v) is 2.40. The van der Waals surface area contributed by atoms with Crippen molar-refractivity contribution in [3.05, 3.63) is 0 Å². The second-order valence-corrected chi connectivity index (χ2v) is 5.91. The van der Waals surface area contributed by atoms with Crippen LogP contribution >= 0.6 is 0 Å². The van der Waals surface area contributed by atoms with Gasteiger partial charge in [0.2, 0.25) is 10.0 Å². The molecule has 0 rings (SSSR count). The molecule has 0 aromatic heterocycles. The number of rotatable bonds is 9. The fourth-order valence-electron chi connectivity index (χ4n) is 1.12. The van der Waals surface area contributed by atoms with E-state index < -0.39 is 15.9 Å². The Hall–Kier alpha value is -0.660. The Morgan fingerprint density at radius 1 is 1.29 bits per heavy atom. The summed E-state index contributed by atoms with van der Waals surface area (Å²) in [7, 11) is -3.47. The van der Waals surface area contributed by atoms with Gasteiger partial charge >= 0.3 is 0 Å². The molecule has 0 heterocycles. The van der Waals surface area contributed by atoms with Gasteiger partial charge in [-0.15, -0.1) is 0 Å². The normalized spacial score (nSPS) is 11.8. The van der Waals surface area contributed by atoms with Crippen LogP contribution in [-0.4, -0.2) is 46.4 Å². The zero-order chi connectivity index (χ0) is 13.3. The summed E-state index contributed by atoms with van der Waals surface area (Å²) in [6, 6.07) is 0.469. The van der Waals surface area contributed by atoms with Gasteiger partial charge in [0, 0.05) is 12.6 Å². The van der Waals surface area contributed by atoms with Gasteiger partial charge in [0.25, 0.3) is 5.91 Å². The van der Waals surface area contributed by atoms with Crippen LogP contribution in [0.2, 0.25) is 0 Å². The highest BCUT2D eigenvalue weighted by Crippen LogP contribution is 1.90. The van der Waals surface area contributed by atoms with Crippen molar-refractivity contribution in [2.75, 3.05) is 26.0 Å². The SMILES string of the molecule is CC(C)NCCCCOCC(=O)NS(C)(=O)=O. The lowest BCUT2D eigenvalue weighted by atomic mass is 10.3. The molecule has 17 heavy (non-hydrogen) atoms. The molecule has 102 valence electrons. The molecular weight excluding hydrogens is 244 g/mol. The van der Waals surface area contributed by atoms with E-state index in [0.717, 1.165) is 25.6 Å². The molecule has 0 aromatic rings. The minimum absolute atomic E-state index is 0.218. The maximum atomic E-state index is 11.0. The van der Waals surface area contributed by atoms with Crippen LogP contribution in [0.4, 0.5) is 0 Å². The number of nitrogens with one attached hydrogen (secondary N) is 2. The van der Waals surface area contributed by atoms with Crippen LogP contribution in [0, 0.1) is 0 Å². The summed E-state index contributed by atoms with van der Waals surface area (Å²) >= 11 is 0. The van der Waals surface area contributed by atoms with Crippen molar-refractivity contribution in [3.63, 3.8) is 0 Å². The zero-order valence-electron chi connectivity index (χ0n) is 10.7. The topological polar surface area (TPSA) is 84.5 Å². The van der Waals surface area contributed by atoms with E-state index in [2.05, 4.69) is 19.2 Å². The van der Waals surface area contributed by atoms with E-state index >= 15 is 0 Å². The molecule has 0 aliphatic heterocycles. The molecule has 0 aliphatic carbocycles. The minimum Gasteiger partial charge on any atom is -0.372 e. The Morgan fingerprint density at radius 3 is 2.47 bits per heavy atom. The Morgan fingerprint density at radius 2 is 1.94 bits per heavy atom. The van der Waals surface area contributed by atoms with Gasteiger partial charge in [-0.05, 0) is 19.4 Å². The van der Waals surface area contributed by atoms with Gasteiger partial charge in [-0.2, -0.15) is 0 Å². The fourth-order valence-corrected chi connectivity index (χ4v) is 1.59. The van der Waals surface area contributed by atoms with E-state index in [0.29, 0.717) is 12.6 Å². The van der Waals surface area contributed by atoms with Crippen molar-refractivity contribution >= 4 is 15.9 Å². The molecular formula is C10H22N2O4S. The van der Waals surface area contributed by atoms with E-state index in [4.69, 9.17) is 4.74 Å². The summed E-state index contributed by atoms with van der Waals surface area (Å²) in [5.74, 6) is -0.632. The number of ether oxygens (including phenoxy) is 1. The minimum atomic E-state index is -3.47. The molecule has 0 spiro atoms.